The number of amides is 2. The Balaban J connectivity index is 1.78. The van der Waals surface area contributed by atoms with Crippen molar-refractivity contribution < 1.29 is 19.6 Å². The molecule has 2 aromatic rings. The molecule has 2 amide bonds. The third-order valence-electron chi connectivity index (χ3n) is 5.38. The van der Waals surface area contributed by atoms with E-state index in [1.807, 2.05) is 44.2 Å². The normalized spacial score (nSPS) is 21.3. The van der Waals surface area contributed by atoms with E-state index in [0.29, 0.717) is 6.42 Å². The first-order chi connectivity index (χ1) is 13.8. The number of aromatic nitrogens is 2. The molecular weight excluding hydrogens is 371 g/mol. The van der Waals surface area contributed by atoms with Gasteiger partial charge in [-0.3, -0.25) is 14.6 Å². The fourth-order valence-corrected chi connectivity index (χ4v) is 3.66. The van der Waals surface area contributed by atoms with Gasteiger partial charge in [-0.2, -0.15) is 0 Å². The van der Waals surface area contributed by atoms with E-state index in [1.165, 1.54) is 18.6 Å². The van der Waals surface area contributed by atoms with Crippen molar-refractivity contribution in [3.8, 4) is 0 Å². The predicted molar refractivity (Wildman–Crippen MR) is 107 cm³/mol. The number of nitrogens with one attached hydrogen (secondary N) is 2. The molecule has 0 aliphatic heterocycles. The summed E-state index contributed by atoms with van der Waals surface area (Å²) >= 11 is 0. The zero-order valence-corrected chi connectivity index (χ0v) is 16.4. The fraction of sp³-hybridized carbons (Fsp3) is 0.400. The van der Waals surface area contributed by atoms with Gasteiger partial charge in [0.05, 0.1) is 11.6 Å². The number of hydrogen-bond donors (Lipinski definition) is 4. The van der Waals surface area contributed by atoms with Gasteiger partial charge < -0.3 is 20.7 Å². The molecule has 0 spiro atoms. The average Bonchev–Trinajstić information content (AvgIpc) is 3.45. The highest BCUT2D eigenvalue weighted by atomic mass is 16.4. The molecule has 1 aromatic heterocycles. The lowest BCUT2D eigenvalue weighted by Crippen LogP contribution is -2.57. The van der Waals surface area contributed by atoms with Gasteiger partial charge in [0, 0.05) is 18.8 Å². The van der Waals surface area contributed by atoms with Crippen molar-refractivity contribution in [2.75, 3.05) is 0 Å². The summed E-state index contributed by atoms with van der Waals surface area (Å²) in [4.78, 5) is 33.4. The van der Waals surface area contributed by atoms with Gasteiger partial charge in [-0.1, -0.05) is 44.2 Å². The van der Waals surface area contributed by atoms with E-state index in [4.69, 9.17) is 0 Å². The van der Waals surface area contributed by atoms with Gasteiger partial charge in [0.1, 0.15) is 11.7 Å². The standard InChI is InChI=1S/C20H25BN4O4/c1-13(2)15-11-20(15,21(28)29)25-19(27)16(10-14-6-4-3-5-7-14)24-18(26)17-12-22-8-9-23-17/h3-9,12-13,15-16,28-29H,10-11H2,1-2H3,(H,24,26)(H,25,27)/t15?,16-,20?/m0/s1. The van der Waals surface area contributed by atoms with Crippen LogP contribution in [-0.2, 0) is 11.2 Å². The zero-order valence-electron chi connectivity index (χ0n) is 16.4. The second-order valence-corrected chi connectivity index (χ2v) is 7.76. The number of carbonyl (C=O) groups is 2. The van der Waals surface area contributed by atoms with Crippen molar-refractivity contribution in [1.29, 1.82) is 0 Å². The van der Waals surface area contributed by atoms with Gasteiger partial charge in [0.2, 0.25) is 5.91 Å². The minimum absolute atomic E-state index is 0.0421. The quantitative estimate of drug-likeness (QED) is 0.478. The molecule has 0 radical (unpaired) electrons. The zero-order chi connectivity index (χ0) is 21.0. The summed E-state index contributed by atoms with van der Waals surface area (Å²) in [5, 5.41) is 25.2. The molecule has 8 nitrogen and oxygen atoms in total. The maximum Gasteiger partial charge on any atom is 0.479 e. The lowest BCUT2D eigenvalue weighted by atomic mass is 9.72. The molecule has 9 heteroatoms. The van der Waals surface area contributed by atoms with E-state index in [2.05, 4.69) is 20.6 Å². The highest BCUT2D eigenvalue weighted by molar-refractivity contribution is 6.47. The molecule has 1 saturated carbocycles. The Morgan fingerprint density at radius 1 is 1.24 bits per heavy atom. The second kappa shape index (κ2) is 8.71. The Hall–Kier alpha value is -2.78. The number of hydrogen-bond acceptors (Lipinski definition) is 6. The molecule has 2 unspecified atom stereocenters. The summed E-state index contributed by atoms with van der Waals surface area (Å²) in [5.74, 6) is -0.857. The van der Waals surface area contributed by atoms with E-state index >= 15 is 0 Å². The first-order valence-electron chi connectivity index (χ1n) is 9.62. The number of benzene rings is 1. The fourth-order valence-electron chi connectivity index (χ4n) is 3.66. The van der Waals surface area contributed by atoms with Gasteiger partial charge in [0.15, 0.2) is 0 Å². The van der Waals surface area contributed by atoms with Gasteiger partial charge in [-0.15, -0.1) is 0 Å². The third-order valence-corrected chi connectivity index (χ3v) is 5.38. The molecule has 3 atom stereocenters. The summed E-state index contributed by atoms with van der Waals surface area (Å²) in [6.45, 7) is 3.94. The molecule has 152 valence electrons. The molecule has 1 aliphatic carbocycles. The van der Waals surface area contributed by atoms with Gasteiger partial charge in [-0.05, 0) is 23.8 Å². The molecule has 1 heterocycles. The summed E-state index contributed by atoms with van der Waals surface area (Å²) in [5.41, 5.74) is -0.124. The van der Waals surface area contributed by atoms with Gasteiger partial charge in [0.25, 0.3) is 5.91 Å². The largest absolute Gasteiger partial charge is 0.479 e. The van der Waals surface area contributed by atoms with Crippen LogP contribution in [0.2, 0.25) is 0 Å². The summed E-state index contributed by atoms with van der Waals surface area (Å²) < 4.78 is 0. The molecule has 4 N–H and O–H groups in total. The maximum atomic E-state index is 13.1. The summed E-state index contributed by atoms with van der Waals surface area (Å²) in [6, 6.07) is 8.38. The number of nitrogens with zero attached hydrogens (tertiary/aromatic N) is 2. The van der Waals surface area contributed by atoms with Gasteiger partial charge in [-0.25, -0.2) is 4.98 Å². The van der Waals surface area contributed by atoms with E-state index in [9.17, 15) is 19.6 Å². The van der Waals surface area contributed by atoms with Crippen LogP contribution in [0.25, 0.3) is 0 Å². The second-order valence-electron chi connectivity index (χ2n) is 7.76. The molecule has 0 saturated heterocycles. The van der Waals surface area contributed by atoms with E-state index in [-0.39, 0.29) is 24.0 Å². The number of carbonyl (C=O) groups excluding carboxylic acids is 2. The Kier molecular flexibility index (Phi) is 6.29. The Morgan fingerprint density at radius 3 is 2.52 bits per heavy atom. The van der Waals surface area contributed by atoms with Crippen LogP contribution in [0.1, 0.15) is 36.3 Å². The SMILES string of the molecule is CC(C)C1CC1(NC(=O)[C@H](Cc1ccccc1)NC(=O)c1cnccn1)B(O)O. The Bertz CT molecular complexity index is 850. The summed E-state index contributed by atoms with van der Waals surface area (Å²) in [6.07, 6.45) is 4.90. The van der Waals surface area contributed by atoms with Crippen LogP contribution in [0.3, 0.4) is 0 Å². The molecule has 29 heavy (non-hydrogen) atoms. The van der Waals surface area contributed by atoms with Crippen LogP contribution in [0.15, 0.2) is 48.9 Å². The van der Waals surface area contributed by atoms with Gasteiger partial charge >= 0.3 is 7.12 Å². The lowest BCUT2D eigenvalue weighted by molar-refractivity contribution is -0.123. The number of rotatable bonds is 8. The van der Waals surface area contributed by atoms with Crippen molar-refractivity contribution in [3.05, 3.63) is 60.2 Å². The molecule has 1 aliphatic rings. The van der Waals surface area contributed by atoms with E-state index < -0.39 is 30.4 Å². The van der Waals surface area contributed by atoms with E-state index in [0.717, 1.165) is 5.56 Å². The highest BCUT2D eigenvalue weighted by Gasteiger charge is 2.64. The first-order valence-corrected chi connectivity index (χ1v) is 9.62. The first kappa shape index (κ1) is 20.9. The highest BCUT2D eigenvalue weighted by Crippen LogP contribution is 2.49. The van der Waals surface area contributed by atoms with Crippen LogP contribution >= 0.6 is 0 Å². The Labute approximate surface area is 169 Å². The molecular formula is C20H25BN4O4. The average molecular weight is 396 g/mol. The Morgan fingerprint density at radius 2 is 1.97 bits per heavy atom. The van der Waals surface area contributed by atoms with Crippen LogP contribution in [-0.4, -0.2) is 50.4 Å². The molecule has 1 fully saturated rings. The van der Waals surface area contributed by atoms with E-state index in [1.54, 1.807) is 0 Å². The van der Waals surface area contributed by atoms with Crippen molar-refractivity contribution in [2.24, 2.45) is 11.8 Å². The smallest absolute Gasteiger partial charge is 0.426 e. The topological polar surface area (TPSA) is 124 Å². The lowest BCUT2D eigenvalue weighted by Gasteiger charge is -2.24. The van der Waals surface area contributed by atoms with Crippen LogP contribution in [0.4, 0.5) is 0 Å². The minimum Gasteiger partial charge on any atom is -0.426 e. The van der Waals surface area contributed by atoms with Crippen LogP contribution < -0.4 is 10.6 Å². The predicted octanol–water partition coefficient (Wildman–Crippen LogP) is 0.361. The van der Waals surface area contributed by atoms with Crippen LogP contribution in [0.5, 0.6) is 0 Å². The molecule has 1 aromatic carbocycles. The molecule has 3 rings (SSSR count). The maximum absolute atomic E-state index is 13.1. The monoisotopic (exact) mass is 396 g/mol. The van der Waals surface area contributed by atoms with Crippen molar-refractivity contribution >= 4 is 18.9 Å². The van der Waals surface area contributed by atoms with Crippen molar-refractivity contribution in [3.63, 3.8) is 0 Å². The third kappa shape index (κ3) is 4.80. The summed E-state index contributed by atoms with van der Waals surface area (Å²) in [7, 11) is -1.67. The van der Waals surface area contributed by atoms with Crippen LogP contribution in [0, 0.1) is 11.8 Å². The van der Waals surface area contributed by atoms with Crippen molar-refractivity contribution in [2.45, 2.75) is 38.2 Å². The minimum atomic E-state index is -1.67. The molecule has 0 bridgehead atoms. The van der Waals surface area contributed by atoms with Crippen molar-refractivity contribution in [1.82, 2.24) is 20.6 Å².